The van der Waals surface area contributed by atoms with Crippen LogP contribution in [0.2, 0.25) is 5.02 Å². The Morgan fingerprint density at radius 1 is 1.55 bits per heavy atom. The Bertz CT molecular complexity index is 468. The molecule has 1 amide bonds. The molecule has 1 fully saturated rings. The van der Waals surface area contributed by atoms with Crippen LogP contribution >= 0.6 is 24.0 Å². The molecule has 1 atom stereocenters. The van der Waals surface area contributed by atoms with Gasteiger partial charge >= 0.3 is 0 Å². The molecule has 1 saturated heterocycles. The van der Waals surface area contributed by atoms with Gasteiger partial charge in [-0.25, -0.2) is 0 Å². The molecule has 1 aromatic carbocycles. The van der Waals surface area contributed by atoms with Gasteiger partial charge < -0.3 is 10.6 Å². The topological polar surface area (TPSA) is 44.4 Å². The quantitative estimate of drug-likeness (QED) is 0.899. The number of carbonyl (C=O) groups excluding carboxylic acids is 1. The van der Waals surface area contributed by atoms with Gasteiger partial charge in [0, 0.05) is 25.7 Å². The average molecular weight is 318 g/mol. The van der Waals surface area contributed by atoms with E-state index >= 15 is 0 Å². The van der Waals surface area contributed by atoms with E-state index in [9.17, 15) is 4.79 Å². The van der Waals surface area contributed by atoms with Crippen LogP contribution in [0.15, 0.2) is 18.2 Å². The monoisotopic (exact) mass is 317 g/mol. The summed E-state index contributed by atoms with van der Waals surface area (Å²) in [6.07, 6.45) is 0. The van der Waals surface area contributed by atoms with E-state index in [-0.39, 0.29) is 18.3 Å². The average Bonchev–Trinajstić information content (AvgIpc) is 2.33. The third-order valence-corrected chi connectivity index (χ3v) is 3.53. The molecule has 2 N–H and O–H groups in total. The molecule has 0 spiro atoms. The van der Waals surface area contributed by atoms with Gasteiger partial charge in [-0.1, -0.05) is 17.7 Å². The van der Waals surface area contributed by atoms with E-state index < -0.39 is 0 Å². The number of benzene rings is 1. The Morgan fingerprint density at radius 2 is 2.30 bits per heavy atom. The van der Waals surface area contributed by atoms with Crippen molar-refractivity contribution in [2.75, 3.05) is 31.5 Å². The van der Waals surface area contributed by atoms with Crippen LogP contribution in [0.25, 0.3) is 0 Å². The molecule has 4 nitrogen and oxygen atoms in total. The molecular formula is C14H21Cl2N3O. The summed E-state index contributed by atoms with van der Waals surface area (Å²) in [5.41, 5.74) is 1.76. The highest BCUT2D eigenvalue weighted by Crippen LogP contribution is 2.22. The molecule has 1 aliphatic heterocycles. The van der Waals surface area contributed by atoms with Crippen molar-refractivity contribution in [2.45, 2.75) is 19.9 Å². The zero-order chi connectivity index (χ0) is 13.8. The van der Waals surface area contributed by atoms with E-state index in [1.807, 2.05) is 25.1 Å². The van der Waals surface area contributed by atoms with Gasteiger partial charge in [-0.2, -0.15) is 0 Å². The number of carbonyl (C=O) groups is 1. The highest BCUT2D eigenvalue weighted by molar-refractivity contribution is 6.33. The fourth-order valence-corrected chi connectivity index (χ4v) is 2.55. The predicted molar refractivity (Wildman–Crippen MR) is 86.0 cm³/mol. The molecule has 2 rings (SSSR count). The molecule has 6 heteroatoms. The first-order valence-corrected chi connectivity index (χ1v) is 6.94. The summed E-state index contributed by atoms with van der Waals surface area (Å²) in [6.45, 7) is 7.24. The highest BCUT2D eigenvalue weighted by atomic mass is 35.5. The van der Waals surface area contributed by atoms with E-state index in [2.05, 4.69) is 22.5 Å². The van der Waals surface area contributed by atoms with Crippen LogP contribution in [0, 0.1) is 6.92 Å². The minimum Gasteiger partial charge on any atom is -0.324 e. The van der Waals surface area contributed by atoms with E-state index in [1.165, 1.54) is 0 Å². The molecule has 1 unspecified atom stereocenters. The van der Waals surface area contributed by atoms with Gasteiger partial charge in [-0.3, -0.25) is 9.69 Å². The zero-order valence-electron chi connectivity index (χ0n) is 11.8. The first kappa shape index (κ1) is 17.2. The molecule has 20 heavy (non-hydrogen) atoms. The normalized spacial score (nSPS) is 19.2. The number of amides is 1. The second-order valence-electron chi connectivity index (χ2n) is 5.12. The molecular weight excluding hydrogens is 297 g/mol. The van der Waals surface area contributed by atoms with Crippen molar-refractivity contribution in [3.8, 4) is 0 Å². The molecule has 0 radical (unpaired) electrons. The Balaban J connectivity index is 0.00000200. The summed E-state index contributed by atoms with van der Waals surface area (Å²) in [5, 5.41) is 6.81. The summed E-state index contributed by atoms with van der Waals surface area (Å²) in [4.78, 5) is 14.1. The summed E-state index contributed by atoms with van der Waals surface area (Å²) < 4.78 is 0. The maximum atomic E-state index is 12.0. The van der Waals surface area contributed by atoms with Crippen LogP contribution < -0.4 is 10.6 Å². The molecule has 1 aliphatic rings. The fourth-order valence-electron chi connectivity index (χ4n) is 2.27. The van der Waals surface area contributed by atoms with Gasteiger partial charge in [0.05, 0.1) is 17.3 Å². The molecule has 0 aliphatic carbocycles. The second kappa shape index (κ2) is 7.84. The van der Waals surface area contributed by atoms with Gasteiger partial charge in [0.2, 0.25) is 5.91 Å². The minimum atomic E-state index is -0.0140. The van der Waals surface area contributed by atoms with Gasteiger partial charge in [0.15, 0.2) is 0 Å². The van der Waals surface area contributed by atoms with Crippen LogP contribution in [0.4, 0.5) is 5.69 Å². The van der Waals surface area contributed by atoms with E-state index in [0.29, 0.717) is 23.3 Å². The SMILES string of the molecule is Cc1ccc(NC(=O)CN2CCNC(C)C2)c(Cl)c1.Cl. The molecule has 0 aromatic heterocycles. The van der Waals surface area contributed by atoms with Crippen molar-refractivity contribution in [3.63, 3.8) is 0 Å². The smallest absolute Gasteiger partial charge is 0.238 e. The van der Waals surface area contributed by atoms with Crippen LogP contribution in [0.1, 0.15) is 12.5 Å². The maximum absolute atomic E-state index is 12.0. The van der Waals surface area contributed by atoms with Gasteiger partial charge in [0.1, 0.15) is 0 Å². The van der Waals surface area contributed by atoms with Crippen molar-refractivity contribution in [1.29, 1.82) is 0 Å². The number of nitrogens with zero attached hydrogens (tertiary/aromatic N) is 1. The van der Waals surface area contributed by atoms with Crippen LogP contribution in [0.3, 0.4) is 0 Å². The number of halogens is 2. The van der Waals surface area contributed by atoms with Crippen LogP contribution in [-0.4, -0.2) is 43.0 Å². The van der Waals surface area contributed by atoms with Crippen molar-refractivity contribution in [3.05, 3.63) is 28.8 Å². The molecule has 1 aromatic rings. The first-order chi connectivity index (χ1) is 9.04. The summed E-state index contributed by atoms with van der Waals surface area (Å²) >= 11 is 6.10. The maximum Gasteiger partial charge on any atom is 0.238 e. The number of nitrogens with one attached hydrogen (secondary N) is 2. The number of hydrogen-bond donors (Lipinski definition) is 2. The lowest BCUT2D eigenvalue weighted by Crippen LogP contribution is -2.51. The predicted octanol–water partition coefficient (Wildman–Crippen LogP) is 2.30. The third-order valence-electron chi connectivity index (χ3n) is 3.22. The largest absolute Gasteiger partial charge is 0.324 e. The van der Waals surface area contributed by atoms with Gasteiger partial charge in [-0.15, -0.1) is 12.4 Å². The lowest BCUT2D eigenvalue weighted by molar-refractivity contribution is -0.117. The van der Waals surface area contributed by atoms with Crippen molar-refractivity contribution in [1.82, 2.24) is 10.2 Å². The van der Waals surface area contributed by atoms with E-state index in [4.69, 9.17) is 11.6 Å². The Morgan fingerprint density at radius 3 is 2.95 bits per heavy atom. The Kier molecular flexibility index (Phi) is 6.76. The lowest BCUT2D eigenvalue weighted by Gasteiger charge is -2.31. The first-order valence-electron chi connectivity index (χ1n) is 6.56. The number of anilines is 1. The van der Waals surface area contributed by atoms with E-state index in [1.54, 1.807) is 0 Å². The molecule has 0 saturated carbocycles. The van der Waals surface area contributed by atoms with Crippen LogP contribution in [0.5, 0.6) is 0 Å². The van der Waals surface area contributed by atoms with Gasteiger partial charge in [0.25, 0.3) is 0 Å². The van der Waals surface area contributed by atoms with Gasteiger partial charge in [-0.05, 0) is 31.5 Å². The molecule has 112 valence electrons. The Labute approximate surface area is 131 Å². The van der Waals surface area contributed by atoms with Crippen LogP contribution in [-0.2, 0) is 4.79 Å². The molecule has 1 heterocycles. The minimum absolute atomic E-state index is 0. The Hall–Kier alpha value is -0.810. The fraction of sp³-hybridized carbons (Fsp3) is 0.500. The molecule has 0 bridgehead atoms. The second-order valence-corrected chi connectivity index (χ2v) is 5.53. The number of piperazine rings is 1. The van der Waals surface area contributed by atoms with Crippen molar-refractivity contribution < 1.29 is 4.79 Å². The summed E-state index contributed by atoms with van der Waals surface area (Å²) in [6, 6.07) is 6.07. The zero-order valence-corrected chi connectivity index (χ0v) is 13.4. The number of aryl methyl sites for hydroxylation is 1. The highest BCUT2D eigenvalue weighted by Gasteiger charge is 2.18. The number of rotatable bonds is 3. The van der Waals surface area contributed by atoms with Crippen molar-refractivity contribution in [2.24, 2.45) is 0 Å². The summed E-state index contributed by atoms with van der Waals surface area (Å²) in [5.74, 6) is -0.0140. The number of hydrogen-bond acceptors (Lipinski definition) is 3. The van der Waals surface area contributed by atoms with Crippen molar-refractivity contribution >= 4 is 35.6 Å². The lowest BCUT2D eigenvalue weighted by atomic mass is 10.2. The standard InChI is InChI=1S/C14H20ClN3O.ClH/c1-10-3-4-13(12(15)7-10)17-14(19)9-18-6-5-16-11(2)8-18;/h3-4,7,11,16H,5-6,8-9H2,1-2H3,(H,17,19);1H. The summed E-state index contributed by atoms with van der Waals surface area (Å²) in [7, 11) is 0. The van der Waals surface area contributed by atoms with E-state index in [0.717, 1.165) is 25.2 Å². The third kappa shape index (κ3) is 4.94.